The van der Waals surface area contributed by atoms with E-state index in [2.05, 4.69) is 61.4 Å². The molecule has 0 aromatic heterocycles. The predicted molar refractivity (Wildman–Crippen MR) is 88.3 cm³/mol. The minimum atomic E-state index is -1.46. The van der Waals surface area contributed by atoms with Gasteiger partial charge in [-0.15, -0.1) is 0 Å². The van der Waals surface area contributed by atoms with Crippen LogP contribution in [0.4, 0.5) is 5.69 Å². The lowest BCUT2D eigenvalue weighted by Crippen LogP contribution is -2.51. The van der Waals surface area contributed by atoms with E-state index >= 15 is 0 Å². The van der Waals surface area contributed by atoms with E-state index in [0.29, 0.717) is 0 Å². The van der Waals surface area contributed by atoms with Gasteiger partial charge in [0.2, 0.25) is 0 Å². The summed E-state index contributed by atoms with van der Waals surface area (Å²) in [5.74, 6) is 0. The fraction of sp³-hybridized carbons (Fsp3) is 0.250. The first kappa shape index (κ1) is 14.2. The van der Waals surface area contributed by atoms with Gasteiger partial charge in [-0.3, -0.25) is 0 Å². The summed E-state index contributed by atoms with van der Waals surface area (Å²) in [5.41, 5.74) is 1.18. The number of benzene rings is 2. The Labute approximate surface area is 121 Å². The fourth-order valence-corrected chi connectivity index (χ4v) is 5.21. The Morgan fingerprint density at radius 1 is 1.00 bits per heavy atom. The zero-order valence-corrected chi connectivity index (χ0v) is 13.5. The second-order valence-electron chi connectivity index (χ2n) is 5.59. The van der Waals surface area contributed by atoms with E-state index in [9.17, 15) is 0 Å². The third-order valence-corrected chi connectivity index (χ3v) is 6.83. The lowest BCUT2D eigenvalue weighted by atomic mass is 10.3. The molecule has 0 fully saturated rings. The Kier molecular flexibility index (Phi) is 4.33. The maximum atomic E-state index is 6.06. The van der Waals surface area contributed by atoms with E-state index in [1.54, 1.807) is 0 Å². The predicted octanol–water partition coefficient (Wildman–Crippen LogP) is 3.93. The van der Waals surface area contributed by atoms with Crippen LogP contribution in [0.25, 0.3) is 0 Å². The highest BCUT2D eigenvalue weighted by atomic mass is 35.5. The van der Waals surface area contributed by atoms with E-state index in [4.69, 9.17) is 11.6 Å². The van der Waals surface area contributed by atoms with Crippen molar-refractivity contribution in [3.05, 3.63) is 59.6 Å². The summed E-state index contributed by atoms with van der Waals surface area (Å²) in [6.45, 7) is 4.81. The Morgan fingerprint density at radius 2 is 1.68 bits per heavy atom. The van der Waals surface area contributed by atoms with Gasteiger partial charge < -0.3 is 4.90 Å². The quantitative estimate of drug-likeness (QED) is 0.771. The largest absolute Gasteiger partial charge is 0.377 e. The van der Waals surface area contributed by atoms with Gasteiger partial charge in [0.25, 0.3) is 0 Å². The Bertz CT molecular complexity index is 539. The van der Waals surface area contributed by atoms with Crippen molar-refractivity contribution in [3.8, 4) is 0 Å². The average Bonchev–Trinajstić information content (AvgIpc) is 2.39. The number of halogens is 1. The zero-order chi connectivity index (χ0) is 13.9. The molecule has 0 spiro atoms. The molecule has 0 unspecified atom stereocenters. The van der Waals surface area contributed by atoms with E-state index in [1.807, 2.05) is 18.2 Å². The van der Waals surface area contributed by atoms with Crippen LogP contribution in [-0.4, -0.2) is 21.3 Å². The molecule has 1 nitrogen and oxygen atoms in total. The van der Waals surface area contributed by atoms with Crippen LogP contribution in [0.5, 0.6) is 0 Å². The highest BCUT2D eigenvalue weighted by molar-refractivity contribution is 6.90. The van der Waals surface area contributed by atoms with Gasteiger partial charge in [0.05, 0.1) is 0 Å². The first-order valence-electron chi connectivity index (χ1n) is 6.51. The zero-order valence-electron chi connectivity index (χ0n) is 11.7. The lowest BCUT2D eigenvalue weighted by Gasteiger charge is -2.30. The molecule has 19 heavy (non-hydrogen) atoms. The maximum Gasteiger partial charge on any atom is 0.101 e. The van der Waals surface area contributed by atoms with Crippen LogP contribution in [0, 0.1) is 0 Å². The molecule has 0 amide bonds. The third-order valence-electron chi connectivity index (χ3n) is 3.44. The number of hydrogen-bond donors (Lipinski definition) is 0. The van der Waals surface area contributed by atoms with Gasteiger partial charge in [-0.2, -0.15) is 0 Å². The van der Waals surface area contributed by atoms with Gasteiger partial charge in [0.1, 0.15) is 8.07 Å². The molecule has 0 saturated carbocycles. The van der Waals surface area contributed by atoms with Crippen molar-refractivity contribution >= 4 is 30.5 Å². The Hall–Kier alpha value is -1.25. The molecule has 0 atom stereocenters. The minimum absolute atomic E-state index is 0.795. The number of hydrogen-bond acceptors (Lipinski definition) is 1. The Balaban J connectivity index is 2.16. The van der Waals surface area contributed by atoms with Gasteiger partial charge in [0.15, 0.2) is 0 Å². The average molecular weight is 290 g/mol. The molecular weight excluding hydrogens is 270 g/mol. The van der Waals surface area contributed by atoms with Crippen molar-refractivity contribution < 1.29 is 0 Å². The van der Waals surface area contributed by atoms with Gasteiger partial charge in [-0.1, -0.05) is 66.3 Å². The van der Waals surface area contributed by atoms with E-state index in [-0.39, 0.29) is 0 Å². The highest BCUT2D eigenvalue weighted by Gasteiger charge is 2.25. The second-order valence-corrected chi connectivity index (χ2v) is 10.7. The van der Waals surface area contributed by atoms with E-state index in [1.165, 1.54) is 10.9 Å². The van der Waals surface area contributed by atoms with Gasteiger partial charge in [-0.25, -0.2) is 0 Å². The molecule has 0 radical (unpaired) electrons. The summed E-state index contributed by atoms with van der Waals surface area (Å²) in [6.07, 6.45) is 1.08. The SMILES string of the molecule is CN(C[Si](C)(C)c1ccccc1)c1cccc(Cl)c1. The molecule has 0 heterocycles. The molecule has 2 rings (SSSR count). The molecule has 3 heteroatoms. The second kappa shape index (κ2) is 5.80. The van der Waals surface area contributed by atoms with Crippen LogP contribution < -0.4 is 10.1 Å². The molecule has 100 valence electrons. The third kappa shape index (κ3) is 3.61. The van der Waals surface area contributed by atoms with Crippen molar-refractivity contribution in [1.29, 1.82) is 0 Å². The van der Waals surface area contributed by atoms with Crippen LogP contribution in [0.15, 0.2) is 54.6 Å². The van der Waals surface area contributed by atoms with Crippen molar-refractivity contribution in [1.82, 2.24) is 0 Å². The summed E-state index contributed by atoms with van der Waals surface area (Å²) in [6, 6.07) is 18.9. The molecule has 0 aliphatic heterocycles. The molecule has 0 aliphatic rings. The van der Waals surface area contributed by atoms with Crippen molar-refractivity contribution in [2.45, 2.75) is 13.1 Å². The minimum Gasteiger partial charge on any atom is -0.377 e. The monoisotopic (exact) mass is 289 g/mol. The van der Waals surface area contributed by atoms with Crippen LogP contribution in [0.3, 0.4) is 0 Å². The van der Waals surface area contributed by atoms with E-state index < -0.39 is 8.07 Å². The summed E-state index contributed by atoms with van der Waals surface area (Å²) < 4.78 is 0. The Morgan fingerprint density at radius 3 is 2.32 bits per heavy atom. The van der Waals surface area contributed by atoms with Crippen molar-refractivity contribution in [2.24, 2.45) is 0 Å². The highest BCUT2D eigenvalue weighted by Crippen LogP contribution is 2.19. The van der Waals surface area contributed by atoms with Gasteiger partial charge in [-0.05, 0) is 18.2 Å². The summed E-state index contributed by atoms with van der Waals surface area (Å²) in [5, 5.41) is 2.28. The van der Waals surface area contributed by atoms with E-state index in [0.717, 1.165) is 11.2 Å². The lowest BCUT2D eigenvalue weighted by molar-refractivity contribution is 1.06. The molecule has 2 aromatic rings. The normalized spacial score (nSPS) is 11.4. The molecule has 0 bridgehead atoms. The van der Waals surface area contributed by atoms with Gasteiger partial charge in [0, 0.05) is 23.9 Å². The number of anilines is 1. The molecule has 0 N–H and O–H groups in total. The summed E-state index contributed by atoms with van der Waals surface area (Å²) >= 11 is 6.06. The summed E-state index contributed by atoms with van der Waals surface area (Å²) in [7, 11) is 0.682. The number of nitrogens with zero attached hydrogens (tertiary/aromatic N) is 1. The van der Waals surface area contributed by atoms with Crippen LogP contribution >= 0.6 is 11.6 Å². The maximum absolute atomic E-state index is 6.06. The first-order chi connectivity index (χ1) is 8.99. The van der Waals surface area contributed by atoms with Crippen LogP contribution in [-0.2, 0) is 0 Å². The van der Waals surface area contributed by atoms with Crippen molar-refractivity contribution in [2.75, 3.05) is 18.1 Å². The molecule has 2 aromatic carbocycles. The summed E-state index contributed by atoms with van der Waals surface area (Å²) in [4.78, 5) is 2.31. The molecule has 0 aliphatic carbocycles. The fourth-order valence-electron chi connectivity index (χ4n) is 2.38. The van der Waals surface area contributed by atoms with Gasteiger partial charge >= 0.3 is 0 Å². The topological polar surface area (TPSA) is 3.24 Å². The number of rotatable bonds is 4. The smallest absolute Gasteiger partial charge is 0.101 e. The van der Waals surface area contributed by atoms with Crippen molar-refractivity contribution in [3.63, 3.8) is 0 Å². The molecular formula is C16H20ClNSi. The molecule has 0 saturated heterocycles. The van der Waals surface area contributed by atoms with Crippen LogP contribution in [0.2, 0.25) is 18.1 Å². The first-order valence-corrected chi connectivity index (χ1v) is 10.1. The van der Waals surface area contributed by atoms with Crippen LogP contribution in [0.1, 0.15) is 0 Å². The standard InChI is InChI=1S/C16H20ClNSi/c1-18(15-9-7-8-14(17)12-15)13-19(2,3)16-10-5-4-6-11-16/h4-12H,13H2,1-3H3.